The molecule has 4 heterocycles. The number of aromatic nitrogens is 4. The third-order valence-electron chi connectivity index (χ3n) is 8.28. The molecule has 0 radical (unpaired) electrons. The number of hydrogen-bond donors (Lipinski definition) is 2. The SMILES string of the molecule is COc1cc(-c2cc(O)c(-c3ccc(N(C4CC4)C4CC5(C)CCCC(C)(C4)N5)nn3)c(F)c2F)cnn1. The molecule has 0 spiro atoms. The highest BCUT2D eigenvalue weighted by Gasteiger charge is 2.49. The maximum atomic E-state index is 15.3. The minimum atomic E-state index is -1.20. The minimum absolute atomic E-state index is 0.0662. The number of phenols is 1. The van der Waals surface area contributed by atoms with Gasteiger partial charge < -0.3 is 20.1 Å². The van der Waals surface area contributed by atoms with Crippen molar-refractivity contribution in [2.24, 2.45) is 0 Å². The van der Waals surface area contributed by atoms with Crippen LogP contribution < -0.4 is 15.0 Å². The number of ether oxygens (including phenoxy) is 1. The van der Waals surface area contributed by atoms with Crippen molar-refractivity contribution >= 4 is 5.82 Å². The van der Waals surface area contributed by atoms with Crippen molar-refractivity contribution in [3.05, 3.63) is 42.1 Å². The van der Waals surface area contributed by atoms with Gasteiger partial charge in [0.1, 0.15) is 5.75 Å². The molecule has 2 aliphatic heterocycles. The van der Waals surface area contributed by atoms with E-state index >= 15 is 8.78 Å². The van der Waals surface area contributed by atoms with E-state index in [1.165, 1.54) is 25.8 Å². The smallest absolute Gasteiger partial charge is 0.233 e. The zero-order valence-electron chi connectivity index (χ0n) is 21.8. The Morgan fingerprint density at radius 1 is 1.00 bits per heavy atom. The Hall–Kier alpha value is -3.40. The average Bonchev–Trinajstić information content (AvgIpc) is 3.71. The topological polar surface area (TPSA) is 96.3 Å². The Morgan fingerprint density at radius 2 is 1.74 bits per heavy atom. The summed E-state index contributed by atoms with van der Waals surface area (Å²) in [6.07, 6.45) is 9.10. The zero-order chi connectivity index (χ0) is 26.7. The highest BCUT2D eigenvalue weighted by Crippen LogP contribution is 2.45. The predicted molar refractivity (Wildman–Crippen MR) is 139 cm³/mol. The van der Waals surface area contributed by atoms with Gasteiger partial charge in [-0.1, -0.05) is 0 Å². The lowest BCUT2D eigenvalue weighted by molar-refractivity contribution is 0.0766. The summed E-state index contributed by atoms with van der Waals surface area (Å²) in [7, 11) is 1.40. The highest BCUT2D eigenvalue weighted by atomic mass is 19.2. The second-order valence-electron chi connectivity index (χ2n) is 11.5. The molecule has 6 rings (SSSR count). The first kappa shape index (κ1) is 24.9. The van der Waals surface area contributed by atoms with E-state index in [0.29, 0.717) is 12.1 Å². The molecule has 2 saturated heterocycles. The molecule has 1 saturated carbocycles. The number of piperidine rings is 2. The van der Waals surface area contributed by atoms with Crippen LogP contribution in [-0.2, 0) is 0 Å². The van der Waals surface area contributed by atoms with Gasteiger partial charge in [0.2, 0.25) is 5.88 Å². The molecule has 2 unspecified atom stereocenters. The van der Waals surface area contributed by atoms with Gasteiger partial charge in [0.05, 0.1) is 24.6 Å². The number of methoxy groups -OCH3 is 1. The van der Waals surface area contributed by atoms with Crippen molar-refractivity contribution in [3.8, 4) is 34.0 Å². The maximum Gasteiger partial charge on any atom is 0.233 e. The average molecular weight is 523 g/mol. The molecule has 3 aromatic rings. The van der Waals surface area contributed by atoms with E-state index in [9.17, 15) is 5.11 Å². The standard InChI is InChI=1S/C28H32F2N6O2/c1-27-9-4-10-28(2,35-27)14-18(13-27)36(17-5-6-17)22-8-7-20(32-33-22)24-21(37)12-19(25(29)26(24)30)16-11-23(38-3)34-31-15-16/h7-8,11-12,15,17-18,35,37H,4-6,9-10,13-14H2,1-3H3. The third kappa shape index (κ3) is 4.44. The molecule has 2 aromatic heterocycles. The van der Waals surface area contributed by atoms with E-state index in [1.807, 2.05) is 6.07 Å². The van der Waals surface area contributed by atoms with Crippen LogP contribution in [-0.4, -0.2) is 55.8 Å². The number of benzene rings is 1. The number of nitrogens with zero attached hydrogens (tertiary/aromatic N) is 5. The van der Waals surface area contributed by atoms with Crippen LogP contribution in [0.2, 0.25) is 0 Å². The Kier molecular flexibility index (Phi) is 5.97. The molecule has 0 amide bonds. The first-order valence-electron chi connectivity index (χ1n) is 13.2. The summed E-state index contributed by atoms with van der Waals surface area (Å²) >= 11 is 0. The van der Waals surface area contributed by atoms with Crippen LogP contribution in [0.4, 0.5) is 14.6 Å². The van der Waals surface area contributed by atoms with Crippen LogP contribution in [0, 0.1) is 11.6 Å². The van der Waals surface area contributed by atoms with Gasteiger partial charge in [-0.25, -0.2) is 8.78 Å². The molecular weight excluding hydrogens is 490 g/mol. The van der Waals surface area contributed by atoms with E-state index in [0.717, 1.165) is 50.4 Å². The van der Waals surface area contributed by atoms with Gasteiger partial charge in [0.15, 0.2) is 17.5 Å². The lowest BCUT2D eigenvalue weighted by Crippen LogP contribution is -2.67. The molecule has 200 valence electrons. The first-order chi connectivity index (χ1) is 18.2. The Balaban J connectivity index is 1.31. The summed E-state index contributed by atoms with van der Waals surface area (Å²) in [5, 5.41) is 30.8. The molecule has 2 bridgehead atoms. The molecule has 38 heavy (non-hydrogen) atoms. The summed E-state index contributed by atoms with van der Waals surface area (Å²) in [6, 6.07) is 6.74. The fourth-order valence-electron chi connectivity index (χ4n) is 6.62. The molecule has 1 aromatic carbocycles. The van der Waals surface area contributed by atoms with E-state index < -0.39 is 17.4 Å². The molecule has 2 atom stereocenters. The van der Waals surface area contributed by atoms with Gasteiger partial charge in [0.25, 0.3) is 0 Å². The van der Waals surface area contributed by atoms with Crippen LogP contribution in [0.25, 0.3) is 22.4 Å². The summed E-state index contributed by atoms with van der Waals surface area (Å²) in [4.78, 5) is 2.39. The van der Waals surface area contributed by atoms with Crippen LogP contribution in [0.3, 0.4) is 0 Å². The number of rotatable bonds is 6. The van der Waals surface area contributed by atoms with Crippen molar-refractivity contribution in [1.29, 1.82) is 0 Å². The maximum absolute atomic E-state index is 15.3. The van der Waals surface area contributed by atoms with E-state index in [-0.39, 0.29) is 39.3 Å². The van der Waals surface area contributed by atoms with E-state index in [1.54, 1.807) is 6.07 Å². The van der Waals surface area contributed by atoms with Crippen LogP contribution in [0.15, 0.2) is 30.5 Å². The lowest BCUT2D eigenvalue weighted by Gasteiger charge is -2.55. The van der Waals surface area contributed by atoms with Gasteiger partial charge in [-0.2, -0.15) is 5.10 Å². The number of halogens is 2. The number of nitrogens with one attached hydrogen (secondary N) is 1. The van der Waals surface area contributed by atoms with E-state index in [2.05, 4.69) is 44.5 Å². The second kappa shape index (κ2) is 9.11. The molecule has 2 N–H and O–H groups in total. The number of anilines is 1. The largest absolute Gasteiger partial charge is 0.507 e. The first-order valence-corrected chi connectivity index (χ1v) is 13.2. The molecule has 1 aliphatic carbocycles. The lowest BCUT2D eigenvalue weighted by atomic mass is 9.69. The number of aromatic hydroxyl groups is 1. The van der Waals surface area contributed by atoms with Crippen molar-refractivity contribution < 1.29 is 18.6 Å². The summed E-state index contributed by atoms with van der Waals surface area (Å²) in [6.45, 7) is 4.64. The normalized spacial score (nSPS) is 26.7. The van der Waals surface area contributed by atoms with Crippen LogP contribution >= 0.6 is 0 Å². The van der Waals surface area contributed by atoms with Gasteiger partial charge in [-0.3, -0.25) is 0 Å². The van der Waals surface area contributed by atoms with Gasteiger partial charge in [-0.05, 0) is 77.0 Å². The Bertz CT molecular complexity index is 1350. The third-order valence-corrected chi connectivity index (χ3v) is 8.28. The molecule has 3 fully saturated rings. The monoisotopic (exact) mass is 522 g/mol. The molecule has 3 aliphatic rings. The van der Waals surface area contributed by atoms with Gasteiger partial charge in [0, 0.05) is 40.4 Å². The number of hydrogen-bond acceptors (Lipinski definition) is 8. The fraction of sp³-hybridized carbons (Fsp3) is 0.500. The van der Waals surface area contributed by atoms with E-state index in [4.69, 9.17) is 4.74 Å². The summed E-state index contributed by atoms with van der Waals surface area (Å²) < 4.78 is 35.5. The van der Waals surface area contributed by atoms with Gasteiger partial charge in [-0.15, -0.1) is 15.3 Å². The van der Waals surface area contributed by atoms with Crippen molar-refractivity contribution in [3.63, 3.8) is 0 Å². The molecule has 10 heteroatoms. The molecule has 8 nitrogen and oxygen atoms in total. The summed E-state index contributed by atoms with van der Waals surface area (Å²) in [5.41, 5.74) is 0.00794. The molecular formula is C28H32F2N6O2. The zero-order valence-corrected chi connectivity index (χ0v) is 21.8. The quantitative estimate of drug-likeness (QED) is 0.466. The fourth-order valence-corrected chi connectivity index (χ4v) is 6.62. The van der Waals surface area contributed by atoms with Gasteiger partial charge >= 0.3 is 0 Å². The number of phenolic OH excluding ortho intramolecular Hbond substituents is 1. The van der Waals surface area contributed by atoms with Crippen molar-refractivity contribution in [2.45, 2.75) is 82.0 Å². The second-order valence-corrected chi connectivity index (χ2v) is 11.5. The summed E-state index contributed by atoms with van der Waals surface area (Å²) in [5.74, 6) is -1.89. The minimum Gasteiger partial charge on any atom is -0.507 e. The highest BCUT2D eigenvalue weighted by molar-refractivity contribution is 5.75. The van der Waals surface area contributed by atoms with Crippen molar-refractivity contribution in [1.82, 2.24) is 25.7 Å². The van der Waals surface area contributed by atoms with Crippen LogP contribution in [0.5, 0.6) is 11.6 Å². The number of fused-ring (bicyclic) bond motifs is 2. The van der Waals surface area contributed by atoms with Crippen molar-refractivity contribution in [2.75, 3.05) is 12.0 Å². The Labute approximate surface area is 220 Å². The van der Waals surface area contributed by atoms with Crippen LogP contribution in [0.1, 0.15) is 58.8 Å². The predicted octanol–water partition coefficient (Wildman–Crippen LogP) is 5.02. The Morgan fingerprint density at radius 3 is 2.37 bits per heavy atom.